The first-order chi connectivity index (χ1) is 5.83. The molecular formula is C10H9NO. The quantitative estimate of drug-likeness (QED) is 0.541. The molecule has 0 aromatic carbocycles. The van der Waals surface area contributed by atoms with Crippen molar-refractivity contribution in [1.82, 2.24) is 0 Å². The van der Waals surface area contributed by atoms with E-state index in [4.69, 9.17) is 5.26 Å². The van der Waals surface area contributed by atoms with E-state index in [9.17, 15) is 4.79 Å². The fourth-order valence-corrected chi connectivity index (χ4v) is 1.89. The summed E-state index contributed by atoms with van der Waals surface area (Å²) in [5, 5.41) is 8.76. The number of allylic oxidation sites excluding steroid dienone is 4. The van der Waals surface area contributed by atoms with Gasteiger partial charge in [-0.1, -0.05) is 6.08 Å². The molecule has 2 aliphatic rings. The third-order valence-corrected chi connectivity index (χ3v) is 2.49. The highest BCUT2D eigenvalue weighted by molar-refractivity contribution is 6.00. The largest absolute Gasteiger partial charge is 0.295 e. The number of hydrogen-bond acceptors (Lipinski definition) is 2. The molecule has 0 saturated carbocycles. The minimum Gasteiger partial charge on any atom is -0.295 e. The molecule has 2 rings (SSSR count). The summed E-state index contributed by atoms with van der Waals surface area (Å²) in [7, 11) is 0. The Balaban J connectivity index is 2.45. The van der Waals surface area contributed by atoms with Gasteiger partial charge in [0.05, 0.1) is 11.6 Å². The van der Waals surface area contributed by atoms with E-state index in [0.29, 0.717) is 6.42 Å². The average molecular weight is 159 g/mol. The topological polar surface area (TPSA) is 40.9 Å². The zero-order valence-corrected chi connectivity index (χ0v) is 6.76. The van der Waals surface area contributed by atoms with E-state index in [1.807, 2.05) is 6.08 Å². The van der Waals surface area contributed by atoms with Gasteiger partial charge in [0, 0.05) is 6.42 Å². The molecule has 0 heterocycles. The number of rotatable bonds is 0. The van der Waals surface area contributed by atoms with E-state index in [-0.39, 0.29) is 5.78 Å². The molecule has 0 radical (unpaired) electrons. The van der Waals surface area contributed by atoms with Crippen LogP contribution in [0.3, 0.4) is 0 Å². The predicted molar refractivity (Wildman–Crippen MR) is 44.2 cm³/mol. The first-order valence-corrected chi connectivity index (χ1v) is 4.19. The van der Waals surface area contributed by atoms with Gasteiger partial charge < -0.3 is 0 Å². The molecule has 0 unspecified atom stereocenters. The first-order valence-electron chi connectivity index (χ1n) is 4.19. The number of carbonyl (C=O) groups excluding carboxylic acids is 1. The highest BCUT2D eigenvalue weighted by Crippen LogP contribution is 2.34. The molecule has 0 bridgehead atoms. The van der Waals surface area contributed by atoms with Crippen molar-refractivity contribution in [1.29, 1.82) is 5.26 Å². The lowest BCUT2D eigenvalue weighted by molar-refractivity contribution is -0.115. The van der Waals surface area contributed by atoms with Crippen LogP contribution in [-0.2, 0) is 4.79 Å². The molecule has 2 nitrogen and oxygen atoms in total. The molecule has 0 atom stereocenters. The smallest absolute Gasteiger partial charge is 0.159 e. The van der Waals surface area contributed by atoms with Crippen LogP contribution in [0.4, 0.5) is 0 Å². The van der Waals surface area contributed by atoms with E-state index in [2.05, 4.69) is 6.07 Å². The summed E-state index contributed by atoms with van der Waals surface area (Å²) in [6.45, 7) is 0. The second-order valence-electron chi connectivity index (χ2n) is 3.15. The van der Waals surface area contributed by atoms with Crippen LogP contribution in [0.15, 0.2) is 22.8 Å². The zero-order chi connectivity index (χ0) is 8.55. The third kappa shape index (κ3) is 0.902. The molecule has 12 heavy (non-hydrogen) atoms. The number of nitrogens with zero attached hydrogens (tertiary/aromatic N) is 1. The van der Waals surface area contributed by atoms with Gasteiger partial charge >= 0.3 is 0 Å². The van der Waals surface area contributed by atoms with Crippen LogP contribution in [0.1, 0.15) is 25.7 Å². The van der Waals surface area contributed by atoms with Gasteiger partial charge in [0.15, 0.2) is 5.78 Å². The highest BCUT2D eigenvalue weighted by atomic mass is 16.1. The molecule has 2 aliphatic carbocycles. The molecule has 0 aliphatic heterocycles. The van der Waals surface area contributed by atoms with Crippen LogP contribution in [0.5, 0.6) is 0 Å². The molecule has 2 heteroatoms. The van der Waals surface area contributed by atoms with Crippen molar-refractivity contribution in [2.45, 2.75) is 25.7 Å². The lowest BCUT2D eigenvalue weighted by atomic mass is 9.93. The summed E-state index contributed by atoms with van der Waals surface area (Å²) in [6.07, 6.45) is 5.04. The van der Waals surface area contributed by atoms with E-state index >= 15 is 0 Å². The van der Waals surface area contributed by atoms with Crippen LogP contribution >= 0.6 is 0 Å². The Morgan fingerprint density at radius 1 is 1.25 bits per heavy atom. The van der Waals surface area contributed by atoms with E-state index in [1.54, 1.807) is 0 Å². The molecule has 0 fully saturated rings. The third-order valence-electron chi connectivity index (χ3n) is 2.49. The molecule has 0 saturated heterocycles. The molecule has 0 aromatic heterocycles. The van der Waals surface area contributed by atoms with Crippen molar-refractivity contribution < 1.29 is 4.79 Å². The van der Waals surface area contributed by atoms with E-state index in [0.717, 1.165) is 36.0 Å². The molecule has 0 amide bonds. The van der Waals surface area contributed by atoms with Crippen molar-refractivity contribution >= 4 is 5.78 Å². The number of nitriles is 1. The minimum atomic E-state index is 0.255. The van der Waals surface area contributed by atoms with Gasteiger partial charge in [0.25, 0.3) is 0 Å². The molecule has 0 N–H and O–H groups in total. The molecule has 0 aromatic rings. The Morgan fingerprint density at radius 2 is 2.08 bits per heavy atom. The van der Waals surface area contributed by atoms with Crippen molar-refractivity contribution in [3.63, 3.8) is 0 Å². The highest BCUT2D eigenvalue weighted by Gasteiger charge is 2.26. The van der Waals surface area contributed by atoms with Crippen molar-refractivity contribution in [2.24, 2.45) is 0 Å². The summed E-state index contributed by atoms with van der Waals surface area (Å²) in [5.74, 6) is 0.255. The number of ketones is 1. The van der Waals surface area contributed by atoms with Crippen LogP contribution in [0, 0.1) is 11.3 Å². The van der Waals surface area contributed by atoms with Crippen LogP contribution in [0.2, 0.25) is 0 Å². The Kier molecular flexibility index (Phi) is 1.58. The fourth-order valence-electron chi connectivity index (χ4n) is 1.89. The number of Topliss-reactive ketones (excluding diaryl/α,β-unsaturated/α-hetero) is 1. The SMILES string of the molecule is N#CC1=CCCC2=C1CCC2=O. The summed E-state index contributed by atoms with van der Waals surface area (Å²) in [5.41, 5.74) is 2.69. The van der Waals surface area contributed by atoms with Crippen LogP contribution < -0.4 is 0 Å². The second kappa shape index (κ2) is 2.60. The number of carbonyl (C=O) groups is 1. The maximum absolute atomic E-state index is 11.3. The Labute approximate surface area is 71.2 Å². The summed E-state index contributed by atoms with van der Waals surface area (Å²) in [4.78, 5) is 11.3. The fraction of sp³-hybridized carbons (Fsp3) is 0.400. The summed E-state index contributed by atoms with van der Waals surface area (Å²) < 4.78 is 0. The monoisotopic (exact) mass is 159 g/mol. The minimum absolute atomic E-state index is 0.255. The first kappa shape index (κ1) is 7.30. The second-order valence-corrected chi connectivity index (χ2v) is 3.15. The van der Waals surface area contributed by atoms with Gasteiger partial charge in [-0.05, 0) is 30.4 Å². The van der Waals surface area contributed by atoms with E-state index in [1.165, 1.54) is 0 Å². The van der Waals surface area contributed by atoms with Crippen molar-refractivity contribution in [2.75, 3.05) is 0 Å². The van der Waals surface area contributed by atoms with Gasteiger partial charge in [-0.3, -0.25) is 4.79 Å². The predicted octanol–water partition coefficient (Wildman–Crippen LogP) is 1.89. The van der Waals surface area contributed by atoms with Crippen molar-refractivity contribution in [3.05, 3.63) is 22.8 Å². The molecule has 60 valence electrons. The van der Waals surface area contributed by atoms with Gasteiger partial charge in [-0.2, -0.15) is 5.26 Å². The van der Waals surface area contributed by atoms with Gasteiger partial charge in [0.2, 0.25) is 0 Å². The lowest BCUT2D eigenvalue weighted by Gasteiger charge is -2.09. The van der Waals surface area contributed by atoms with Crippen LogP contribution in [0.25, 0.3) is 0 Å². The standard InChI is InChI=1S/C10H9NO/c11-6-7-2-1-3-9-8(7)4-5-10(9)12/h2H,1,3-5H2. The van der Waals surface area contributed by atoms with Gasteiger partial charge in [-0.25, -0.2) is 0 Å². The van der Waals surface area contributed by atoms with Gasteiger partial charge in [-0.15, -0.1) is 0 Å². The zero-order valence-electron chi connectivity index (χ0n) is 6.76. The summed E-state index contributed by atoms with van der Waals surface area (Å²) >= 11 is 0. The Hall–Kier alpha value is -1.36. The summed E-state index contributed by atoms with van der Waals surface area (Å²) in [6, 6.07) is 2.15. The van der Waals surface area contributed by atoms with Gasteiger partial charge in [0.1, 0.15) is 0 Å². The normalized spacial score (nSPS) is 21.9. The number of hydrogen-bond donors (Lipinski definition) is 0. The van der Waals surface area contributed by atoms with E-state index < -0.39 is 0 Å². The van der Waals surface area contributed by atoms with Crippen molar-refractivity contribution in [3.8, 4) is 6.07 Å². The van der Waals surface area contributed by atoms with Crippen LogP contribution in [-0.4, -0.2) is 5.78 Å². The maximum atomic E-state index is 11.3. The lowest BCUT2D eigenvalue weighted by Crippen LogP contribution is -2.00. The average Bonchev–Trinajstić information content (AvgIpc) is 2.48. The maximum Gasteiger partial charge on any atom is 0.159 e. The molecular weight excluding hydrogens is 150 g/mol. The Bertz CT molecular complexity index is 341. The Morgan fingerprint density at radius 3 is 2.83 bits per heavy atom. The molecule has 0 spiro atoms.